The van der Waals surface area contributed by atoms with Gasteiger partial charge in [0.1, 0.15) is 0 Å². The third-order valence-corrected chi connectivity index (χ3v) is 6.12. The normalized spacial score (nSPS) is 21.2. The van der Waals surface area contributed by atoms with E-state index in [4.69, 9.17) is 24.5 Å². The van der Waals surface area contributed by atoms with Crippen LogP contribution in [-0.2, 0) is 30.9 Å². The summed E-state index contributed by atoms with van der Waals surface area (Å²) in [5.41, 5.74) is 2.07. The Bertz CT molecular complexity index is 980. The number of sulfonamides is 1. The maximum absolute atomic E-state index is 11.8. The van der Waals surface area contributed by atoms with E-state index < -0.39 is 34.3 Å². The van der Waals surface area contributed by atoms with Crippen LogP contribution in [0.1, 0.15) is 11.4 Å². The highest BCUT2D eigenvalue weighted by Gasteiger charge is 2.39. The van der Waals surface area contributed by atoms with Crippen molar-refractivity contribution >= 4 is 22.0 Å². The number of carboxylic acid groups (broad SMARTS) is 2. The van der Waals surface area contributed by atoms with E-state index in [1.807, 2.05) is 25.1 Å². The minimum atomic E-state index is -5.08. The number of halogens is 6. The third-order valence-electron chi connectivity index (χ3n) is 4.85. The highest BCUT2D eigenvalue weighted by atomic mass is 32.2. The first-order valence-electron chi connectivity index (χ1n) is 10.1. The van der Waals surface area contributed by atoms with Gasteiger partial charge in [-0.15, -0.1) is 0 Å². The van der Waals surface area contributed by atoms with E-state index in [2.05, 4.69) is 9.88 Å². The monoisotopic (exact) mass is 553 g/mol. The van der Waals surface area contributed by atoms with E-state index in [1.54, 1.807) is 4.31 Å². The molecule has 0 amide bonds. The number of fused-ring (bicyclic) bond motifs is 1. The largest absolute Gasteiger partial charge is 0.490 e. The molecular weight excluding hydrogens is 528 g/mol. The number of pyridine rings is 1. The zero-order valence-corrected chi connectivity index (χ0v) is 19.9. The molecule has 2 N–H and O–H groups in total. The molecule has 2 atom stereocenters. The summed E-state index contributed by atoms with van der Waals surface area (Å²) in [7, 11) is -3.15. The van der Waals surface area contributed by atoms with Gasteiger partial charge in [-0.3, -0.25) is 9.88 Å². The first-order valence-corrected chi connectivity index (χ1v) is 12.0. The van der Waals surface area contributed by atoms with Crippen LogP contribution in [0.4, 0.5) is 26.3 Å². The van der Waals surface area contributed by atoms with Gasteiger partial charge in [0.05, 0.1) is 24.7 Å². The lowest BCUT2D eigenvalue weighted by molar-refractivity contribution is -0.193. The molecule has 1 aromatic heterocycles. The predicted molar refractivity (Wildman–Crippen MR) is 111 cm³/mol. The first-order chi connectivity index (χ1) is 16.3. The predicted octanol–water partition coefficient (Wildman–Crippen LogP) is 1.75. The molecule has 0 bridgehead atoms. The Balaban J connectivity index is 0.000000383. The number of aliphatic carboxylic acids is 2. The van der Waals surface area contributed by atoms with E-state index in [0.717, 1.165) is 31.0 Å². The number of carboxylic acids is 2. The van der Waals surface area contributed by atoms with E-state index in [9.17, 15) is 34.8 Å². The van der Waals surface area contributed by atoms with Crippen molar-refractivity contribution in [2.45, 2.75) is 31.9 Å². The van der Waals surface area contributed by atoms with Crippen molar-refractivity contribution < 1.29 is 59.3 Å². The number of nitrogens with zero attached hydrogens (tertiary/aromatic N) is 3. The molecule has 36 heavy (non-hydrogen) atoms. The molecule has 0 aromatic carbocycles. The second-order valence-electron chi connectivity index (χ2n) is 7.86. The van der Waals surface area contributed by atoms with Crippen LogP contribution in [0, 0.1) is 12.8 Å². The Morgan fingerprint density at radius 2 is 1.58 bits per heavy atom. The van der Waals surface area contributed by atoms with Gasteiger partial charge in [0.2, 0.25) is 10.0 Å². The van der Waals surface area contributed by atoms with E-state index in [1.165, 1.54) is 6.26 Å². The van der Waals surface area contributed by atoms with Gasteiger partial charge in [-0.05, 0) is 19.1 Å². The number of aryl methyl sites for hydroxylation is 1. The zero-order valence-electron chi connectivity index (χ0n) is 19.1. The van der Waals surface area contributed by atoms with Crippen LogP contribution in [0.5, 0.6) is 0 Å². The minimum absolute atomic E-state index is 0.122. The van der Waals surface area contributed by atoms with Gasteiger partial charge in [0.25, 0.3) is 0 Å². The second kappa shape index (κ2) is 12.6. The van der Waals surface area contributed by atoms with Crippen LogP contribution >= 0.6 is 0 Å². The van der Waals surface area contributed by atoms with Crippen LogP contribution < -0.4 is 0 Å². The van der Waals surface area contributed by atoms with Crippen molar-refractivity contribution in [3.63, 3.8) is 0 Å². The number of carbonyl (C=O) groups is 2. The smallest absolute Gasteiger partial charge is 0.475 e. The highest BCUT2D eigenvalue weighted by Crippen LogP contribution is 2.25. The number of ether oxygens (including phenoxy) is 1. The molecule has 3 rings (SSSR count). The average molecular weight is 553 g/mol. The summed E-state index contributed by atoms with van der Waals surface area (Å²) in [6, 6.07) is 6.04. The van der Waals surface area contributed by atoms with E-state index in [-0.39, 0.29) is 12.0 Å². The lowest BCUT2D eigenvalue weighted by Gasteiger charge is -2.21. The Morgan fingerprint density at radius 1 is 1.06 bits per heavy atom. The van der Waals surface area contributed by atoms with Gasteiger partial charge in [-0.1, -0.05) is 6.07 Å². The molecule has 2 fully saturated rings. The summed E-state index contributed by atoms with van der Waals surface area (Å²) < 4.78 is 94.5. The zero-order chi connectivity index (χ0) is 27.9. The molecule has 0 saturated carbocycles. The molecule has 3 heterocycles. The van der Waals surface area contributed by atoms with Crippen LogP contribution in [0.25, 0.3) is 0 Å². The Labute approximate surface area is 202 Å². The van der Waals surface area contributed by atoms with Gasteiger partial charge in [0, 0.05) is 44.3 Å². The van der Waals surface area contributed by atoms with E-state index >= 15 is 0 Å². The third kappa shape index (κ3) is 11.0. The number of aromatic nitrogens is 1. The lowest BCUT2D eigenvalue weighted by atomic mass is 10.1. The second-order valence-corrected chi connectivity index (χ2v) is 9.84. The van der Waals surface area contributed by atoms with Gasteiger partial charge >= 0.3 is 24.3 Å². The van der Waals surface area contributed by atoms with Gasteiger partial charge in [-0.25, -0.2) is 18.0 Å². The number of hydrogen-bond donors (Lipinski definition) is 2. The molecule has 0 radical (unpaired) electrons. The van der Waals surface area contributed by atoms with Crippen molar-refractivity contribution in [1.82, 2.24) is 14.2 Å². The van der Waals surface area contributed by atoms with Gasteiger partial charge < -0.3 is 14.9 Å². The van der Waals surface area contributed by atoms with Crippen molar-refractivity contribution in [3.05, 3.63) is 29.6 Å². The van der Waals surface area contributed by atoms with Crippen molar-refractivity contribution in [1.29, 1.82) is 0 Å². The van der Waals surface area contributed by atoms with Crippen molar-refractivity contribution in [3.8, 4) is 0 Å². The molecule has 0 aliphatic carbocycles. The number of alkyl halides is 6. The van der Waals surface area contributed by atoms with Crippen molar-refractivity contribution in [2.75, 3.05) is 39.0 Å². The quantitative estimate of drug-likeness (QED) is 0.537. The fraction of sp³-hybridized carbons (Fsp3) is 0.632. The molecule has 0 unspecified atom stereocenters. The maximum atomic E-state index is 11.8. The van der Waals surface area contributed by atoms with Crippen LogP contribution in [-0.4, -0.2) is 102 Å². The Kier molecular flexibility index (Phi) is 11.1. The molecule has 17 heteroatoms. The molecule has 0 spiro atoms. The fourth-order valence-electron chi connectivity index (χ4n) is 3.30. The van der Waals surface area contributed by atoms with Crippen molar-refractivity contribution in [2.24, 2.45) is 5.92 Å². The molecule has 10 nitrogen and oxygen atoms in total. The highest BCUT2D eigenvalue weighted by molar-refractivity contribution is 7.88. The maximum Gasteiger partial charge on any atom is 0.490 e. The number of hydrogen-bond acceptors (Lipinski definition) is 7. The lowest BCUT2D eigenvalue weighted by Crippen LogP contribution is -2.36. The fourth-order valence-corrected chi connectivity index (χ4v) is 4.17. The molecule has 2 saturated heterocycles. The Hall–Kier alpha value is -2.50. The van der Waals surface area contributed by atoms with Crippen LogP contribution in [0.15, 0.2) is 18.2 Å². The molecule has 2 aliphatic rings. The van der Waals surface area contributed by atoms with Crippen LogP contribution in [0.2, 0.25) is 0 Å². The number of likely N-dealkylation sites (tertiary alicyclic amines) is 1. The Morgan fingerprint density at radius 3 is 2.03 bits per heavy atom. The molecular formula is C19H25F6N3O7S. The molecule has 1 aromatic rings. The average Bonchev–Trinajstić information content (AvgIpc) is 2.95. The summed E-state index contributed by atoms with van der Waals surface area (Å²) in [5.74, 6) is -5.28. The minimum Gasteiger partial charge on any atom is -0.475 e. The topological polar surface area (TPSA) is 137 Å². The molecule has 2 aliphatic heterocycles. The SMILES string of the molecule is Cc1cccc(CN2C[C@@H]3CN(S(C)(=O)=O)CCO[C@@H]3C2)n1.O=C(O)C(F)(F)F.O=C(O)C(F)(F)F. The van der Waals surface area contributed by atoms with Gasteiger partial charge in [0.15, 0.2) is 0 Å². The first kappa shape index (κ1) is 31.5. The summed E-state index contributed by atoms with van der Waals surface area (Å²) in [6.07, 6.45) is -8.77. The summed E-state index contributed by atoms with van der Waals surface area (Å²) >= 11 is 0. The van der Waals surface area contributed by atoms with E-state index in [0.29, 0.717) is 19.7 Å². The standard InChI is InChI=1S/C15H23N3O3S.2C2HF3O2/c1-12-4-3-5-14(16-12)10-17-8-13-9-18(22(2,19)20)6-7-21-15(13)11-17;2*3-2(4,5)1(6)7/h3-5,13,15H,6-11H2,1-2H3;2*(H,6,7)/t13-,15-;;/m1../s1. The van der Waals surface area contributed by atoms with Crippen LogP contribution in [0.3, 0.4) is 0 Å². The molecule has 206 valence electrons. The summed E-state index contributed by atoms with van der Waals surface area (Å²) in [5, 5.41) is 14.2. The number of rotatable bonds is 3. The summed E-state index contributed by atoms with van der Waals surface area (Å²) in [6.45, 7) is 5.98. The summed E-state index contributed by atoms with van der Waals surface area (Å²) in [4.78, 5) is 24.6. The van der Waals surface area contributed by atoms with Gasteiger partial charge in [-0.2, -0.15) is 30.6 Å².